The molecule has 42 valence electrons. The first-order valence-corrected chi connectivity index (χ1v) is 1.28. The normalized spacial score (nSPS) is 5.17. The summed E-state index contributed by atoms with van der Waals surface area (Å²) in [5.74, 6) is 0. The van der Waals surface area contributed by atoms with Gasteiger partial charge in [0, 0.05) is 0 Å². The minimum absolute atomic E-state index is 1.50. The average molecular weight is 143 g/mol. The van der Waals surface area contributed by atoms with Gasteiger partial charge in [0.1, 0.15) is 0 Å². The van der Waals surface area contributed by atoms with E-state index in [1.165, 1.54) is 0 Å². The fourth-order valence-corrected chi connectivity index (χ4v) is 0. The molecule has 0 bridgehead atoms. The molecule has 0 aromatic heterocycles. The van der Waals surface area contributed by atoms with Crippen molar-refractivity contribution in [1.29, 1.82) is 0 Å². The molecule has 0 aromatic rings. The summed E-state index contributed by atoms with van der Waals surface area (Å²) < 4.78 is 4.06. The van der Waals surface area contributed by atoms with E-state index in [0.717, 1.165) is 0 Å². The summed E-state index contributed by atoms with van der Waals surface area (Å²) >= 11 is 3.69. The van der Waals surface area contributed by atoms with Crippen LogP contribution in [0.4, 0.5) is 0 Å². The Morgan fingerprint density at radius 1 is 1.83 bits per heavy atom. The molecule has 0 aliphatic heterocycles. The molecule has 0 aromatic carbocycles. The number of nitrogens with zero attached hydrogens (tertiary/aromatic N) is 1. The van der Waals surface area contributed by atoms with E-state index in [-0.39, 0.29) is 0 Å². The summed E-state index contributed by atoms with van der Waals surface area (Å²) in [4.78, 5) is 8.36. The van der Waals surface area contributed by atoms with Gasteiger partial charge in [-0.3, -0.25) is 0 Å². The van der Waals surface area contributed by atoms with Gasteiger partial charge in [-0.2, -0.15) is 0 Å². The molecule has 0 radical (unpaired) electrons. The molecule has 0 saturated heterocycles. The Morgan fingerprint density at radius 2 is 1.83 bits per heavy atom. The fourth-order valence-electron chi connectivity index (χ4n) is 0. The van der Waals surface area contributed by atoms with Crippen LogP contribution in [0.3, 0.4) is 0 Å². The van der Waals surface area contributed by atoms with Gasteiger partial charge in [0.15, 0.2) is 0 Å². The summed E-state index contributed by atoms with van der Waals surface area (Å²) in [7, 11) is 0. The van der Waals surface area contributed by atoms with Crippen LogP contribution in [0.2, 0.25) is 0 Å². The van der Waals surface area contributed by atoms with Gasteiger partial charge in [0.25, 0.3) is 5.09 Å². The number of nitrogens with two attached hydrogens (primary N) is 1. The molecule has 0 atom stereocenters. The standard InChI is InChI=1S/Cu.HNO3.H2N/c;2-1(3)4;/h;(H,2,3,4);1H2/q+1;;-1. The van der Waals surface area contributed by atoms with Gasteiger partial charge in [-0.1, -0.05) is 0 Å². The van der Waals surface area contributed by atoms with E-state index < -0.39 is 5.09 Å². The molecule has 6 heteroatoms. The molecule has 3 N–H and O–H groups in total. The van der Waals surface area contributed by atoms with Gasteiger partial charge in [-0.15, -0.1) is 10.1 Å². The molecule has 0 aliphatic rings. The zero-order valence-corrected chi connectivity index (χ0v) is 3.53. The van der Waals surface area contributed by atoms with E-state index in [4.69, 9.17) is 15.3 Å². The second-order valence-electron chi connectivity index (χ2n) is 0.238. The van der Waals surface area contributed by atoms with Gasteiger partial charge in [-0.05, 0) is 0 Å². The Balaban J connectivity index is 0. The zero-order chi connectivity index (χ0) is 5.58. The Morgan fingerprint density at radius 3 is 1.83 bits per heavy atom. The molecule has 0 amide bonds. The SMILES string of the molecule is O=[N+]([O-])O.[NH2][Cu]. The van der Waals surface area contributed by atoms with Gasteiger partial charge in [0.2, 0.25) is 0 Å². The Kier molecular flexibility index (Phi) is 13.5. The summed E-state index contributed by atoms with van der Waals surface area (Å²) in [6, 6.07) is 0. The van der Waals surface area contributed by atoms with Crippen molar-refractivity contribution in [1.82, 2.24) is 0 Å². The van der Waals surface area contributed by atoms with E-state index in [1.807, 2.05) is 0 Å². The van der Waals surface area contributed by atoms with Crippen molar-refractivity contribution < 1.29 is 26.5 Å². The van der Waals surface area contributed by atoms with E-state index in [0.29, 0.717) is 0 Å². The molecular weight excluding hydrogens is 140 g/mol. The molecular formula is H3CuN2O3. The van der Waals surface area contributed by atoms with Crippen LogP contribution in [-0.4, -0.2) is 10.3 Å². The predicted molar refractivity (Wildman–Crippen MR) is 13.0 cm³/mol. The molecule has 0 heterocycles. The summed E-state index contributed by atoms with van der Waals surface area (Å²) in [6.45, 7) is 0. The topological polar surface area (TPSA) is 89.4 Å². The van der Waals surface area contributed by atoms with Crippen LogP contribution in [-0.2, 0) is 16.2 Å². The average Bonchev–Trinajstić information content (AvgIpc) is 1.41. The third-order valence-corrected chi connectivity index (χ3v) is 0. The maximum atomic E-state index is 8.36. The van der Waals surface area contributed by atoms with E-state index in [1.54, 1.807) is 0 Å². The summed E-state index contributed by atoms with van der Waals surface area (Å²) in [5.41, 5.74) is 0. The van der Waals surface area contributed by atoms with E-state index in [2.05, 4.69) is 21.0 Å². The quantitative estimate of drug-likeness (QED) is 0.260. The molecule has 0 saturated carbocycles. The minimum atomic E-state index is -1.50. The van der Waals surface area contributed by atoms with Crippen LogP contribution in [0.15, 0.2) is 0 Å². The second kappa shape index (κ2) is 8.82. The molecule has 0 rings (SSSR count). The van der Waals surface area contributed by atoms with Crippen LogP contribution in [0, 0.1) is 10.1 Å². The predicted octanol–water partition coefficient (Wildman–Crippen LogP) is -0.941. The molecule has 0 aliphatic carbocycles. The van der Waals surface area contributed by atoms with E-state index in [9.17, 15) is 0 Å². The first kappa shape index (κ1) is 9.19. The maximum absolute atomic E-state index is 8.36. The van der Waals surface area contributed by atoms with Crippen LogP contribution in [0.5, 0.6) is 0 Å². The Bertz CT molecular complexity index is 31.8. The van der Waals surface area contributed by atoms with Crippen LogP contribution in [0.25, 0.3) is 0 Å². The van der Waals surface area contributed by atoms with Crippen molar-refractivity contribution in [2.45, 2.75) is 0 Å². The van der Waals surface area contributed by atoms with Crippen LogP contribution >= 0.6 is 0 Å². The van der Waals surface area contributed by atoms with Crippen LogP contribution < -0.4 is 4.75 Å². The summed E-state index contributed by atoms with van der Waals surface area (Å²) in [6.07, 6.45) is 0. The molecule has 0 spiro atoms. The summed E-state index contributed by atoms with van der Waals surface area (Å²) in [5, 5.41) is 13.6. The number of hydrogen-bond donors (Lipinski definition) is 2. The molecule has 5 nitrogen and oxygen atoms in total. The number of hydrogen-bond acceptors (Lipinski definition) is 3. The van der Waals surface area contributed by atoms with Crippen molar-refractivity contribution in [3.63, 3.8) is 0 Å². The third kappa shape index (κ3) is 257. The molecule has 6 heavy (non-hydrogen) atoms. The van der Waals surface area contributed by atoms with Crippen LogP contribution in [0.1, 0.15) is 0 Å². The van der Waals surface area contributed by atoms with Gasteiger partial charge in [-0.25, -0.2) is 0 Å². The van der Waals surface area contributed by atoms with Gasteiger partial charge >= 0.3 is 21.0 Å². The molecule has 0 unspecified atom stereocenters. The Labute approximate surface area is 42.3 Å². The fraction of sp³-hybridized carbons (Fsp3) is 0. The van der Waals surface area contributed by atoms with Gasteiger partial charge < -0.3 is 5.21 Å². The first-order valence-electron chi connectivity index (χ1n) is 0.739. The molecule has 0 fully saturated rings. The van der Waals surface area contributed by atoms with Crippen molar-refractivity contribution in [3.05, 3.63) is 10.1 Å². The van der Waals surface area contributed by atoms with E-state index >= 15 is 0 Å². The number of rotatable bonds is 0. The van der Waals surface area contributed by atoms with Crippen molar-refractivity contribution in [3.8, 4) is 0 Å². The van der Waals surface area contributed by atoms with Crippen molar-refractivity contribution in [2.24, 2.45) is 4.75 Å². The van der Waals surface area contributed by atoms with Crippen molar-refractivity contribution >= 4 is 0 Å². The van der Waals surface area contributed by atoms with Crippen molar-refractivity contribution in [2.75, 3.05) is 0 Å². The van der Waals surface area contributed by atoms with Gasteiger partial charge in [0.05, 0.1) is 0 Å². The third-order valence-electron chi connectivity index (χ3n) is 0. The monoisotopic (exact) mass is 142 g/mol. The first-order chi connectivity index (χ1) is 2.73. The Hall–Kier alpha value is -0.321. The second-order valence-corrected chi connectivity index (χ2v) is 0.238. The zero-order valence-electron chi connectivity index (χ0n) is 2.59.